The summed E-state index contributed by atoms with van der Waals surface area (Å²) >= 11 is 0. The Hall–Kier alpha value is -1.33. The lowest BCUT2D eigenvalue weighted by Gasteiger charge is -2.42. The molecule has 0 aromatic carbocycles. The van der Waals surface area contributed by atoms with Crippen molar-refractivity contribution in [2.24, 2.45) is 5.92 Å². The zero-order chi connectivity index (χ0) is 12.6. The molecule has 2 aliphatic rings. The third-order valence-electron chi connectivity index (χ3n) is 3.39. The van der Waals surface area contributed by atoms with Crippen molar-refractivity contribution in [2.75, 3.05) is 13.1 Å². The van der Waals surface area contributed by atoms with Gasteiger partial charge in [0.25, 0.3) is 0 Å². The van der Waals surface area contributed by atoms with Crippen molar-refractivity contribution in [3.05, 3.63) is 0 Å². The van der Waals surface area contributed by atoms with Crippen LogP contribution in [0, 0.1) is 5.92 Å². The molecule has 2 fully saturated rings. The molecule has 2 amide bonds. The number of cyclic esters (lactones) is 1. The first kappa shape index (κ1) is 12.1. The SMILES string of the molecule is CC(=O)NC[C@H]1CN([C@H]2C(C)CC2F)C(=O)O1. The number of nitrogens with zero attached hydrogens (tertiary/aromatic N) is 1. The van der Waals surface area contributed by atoms with Crippen LogP contribution in [-0.2, 0) is 9.53 Å². The molecular weight excluding hydrogens is 227 g/mol. The molecule has 1 N–H and O–H groups in total. The van der Waals surface area contributed by atoms with Crippen LogP contribution in [0.5, 0.6) is 0 Å². The van der Waals surface area contributed by atoms with Crippen molar-refractivity contribution in [1.82, 2.24) is 10.2 Å². The average Bonchev–Trinajstić information content (AvgIpc) is 2.57. The first-order valence-electron chi connectivity index (χ1n) is 5.84. The van der Waals surface area contributed by atoms with Gasteiger partial charge in [0.05, 0.1) is 19.1 Å². The predicted molar refractivity (Wildman–Crippen MR) is 58.1 cm³/mol. The average molecular weight is 244 g/mol. The number of rotatable bonds is 3. The zero-order valence-electron chi connectivity index (χ0n) is 9.98. The van der Waals surface area contributed by atoms with Gasteiger partial charge in [0.2, 0.25) is 5.91 Å². The van der Waals surface area contributed by atoms with E-state index >= 15 is 0 Å². The number of hydrogen-bond acceptors (Lipinski definition) is 3. The topological polar surface area (TPSA) is 58.6 Å². The number of hydrogen-bond donors (Lipinski definition) is 1. The van der Waals surface area contributed by atoms with Crippen LogP contribution in [0.25, 0.3) is 0 Å². The lowest BCUT2D eigenvalue weighted by molar-refractivity contribution is -0.119. The Bertz CT molecular complexity index is 329. The smallest absolute Gasteiger partial charge is 0.410 e. The molecule has 1 aliphatic heterocycles. The summed E-state index contributed by atoms with van der Waals surface area (Å²) in [5.74, 6) is 0.0111. The molecule has 1 saturated carbocycles. The second kappa shape index (κ2) is 4.50. The van der Waals surface area contributed by atoms with E-state index in [9.17, 15) is 14.0 Å². The summed E-state index contributed by atoms with van der Waals surface area (Å²) in [5, 5.41) is 2.59. The second-order valence-corrected chi connectivity index (χ2v) is 4.81. The third-order valence-corrected chi connectivity index (χ3v) is 3.39. The molecule has 4 atom stereocenters. The van der Waals surface area contributed by atoms with Crippen LogP contribution in [0.15, 0.2) is 0 Å². The van der Waals surface area contributed by atoms with E-state index in [2.05, 4.69) is 5.32 Å². The monoisotopic (exact) mass is 244 g/mol. The highest BCUT2D eigenvalue weighted by Gasteiger charge is 2.48. The lowest BCUT2D eigenvalue weighted by atomic mass is 9.78. The largest absolute Gasteiger partial charge is 0.442 e. The normalized spacial score (nSPS) is 36.4. The lowest BCUT2D eigenvalue weighted by Crippen LogP contribution is -2.55. The highest BCUT2D eigenvalue weighted by molar-refractivity contribution is 5.73. The molecule has 0 bridgehead atoms. The molecule has 1 heterocycles. The number of carbonyl (C=O) groups excluding carboxylic acids is 2. The van der Waals surface area contributed by atoms with E-state index in [1.54, 1.807) is 0 Å². The van der Waals surface area contributed by atoms with Crippen LogP contribution in [-0.4, -0.2) is 48.3 Å². The number of amides is 2. The Kier molecular flexibility index (Phi) is 3.22. The number of nitrogens with one attached hydrogen (secondary N) is 1. The van der Waals surface area contributed by atoms with Gasteiger partial charge in [-0.1, -0.05) is 6.92 Å². The van der Waals surface area contributed by atoms with E-state index in [1.165, 1.54) is 11.8 Å². The van der Waals surface area contributed by atoms with Crippen molar-refractivity contribution in [3.63, 3.8) is 0 Å². The highest BCUT2D eigenvalue weighted by Crippen LogP contribution is 2.36. The number of halogens is 1. The van der Waals surface area contributed by atoms with Gasteiger partial charge in [-0.05, 0) is 12.3 Å². The van der Waals surface area contributed by atoms with Gasteiger partial charge in [0.15, 0.2) is 0 Å². The molecule has 0 radical (unpaired) electrons. The van der Waals surface area contributed by atoms with Crippen molar-refractivity contribution >= 4 is 12.0 Å². The van der Waals surface area contributed by atoms with Gasteiger partial charge in [0, 0.05) is 6.92 Å². The van der Waals surface area contributed by atoms with Gasteiger partial charge in [-0.2, -0.15) is 0 Å². The Morgan fingerprint density at radius 1 is 1.65 bits per heavy atom. The first-order chi connectivity index (χ1) is 7.99. The first-order valence-corrected chi connectivity index (χ1v) is 5.84. The third kappa shape index (κ3) is 2.35. The maximum atomic E-state index is 13.4. The highest BCUT2D eigenvalue weighted by atomic mass is 19.1. The fourth-order valence-corrected chi connectivity index (χ4v) is 2.45. The number of carbonyl (C=O) groups is 2. The van der Waals surface area contributed by atoms with E-state index in [0.717, 1.165) is 0 Å². The number of alkyl halides is 1. The van der Waals surface area contributed by atoms with Crippen molar-refractivity contribution in [3.8, 4) is 0 Å². The summed E-state index contributed by atoms with van der Waals surface area (Å²) in [6.07, 6.45) is -1.28. The van der Waals surface area contributed by atoms with Crippen LogP contribution < -0.4 is 5.32 Å². The minimum atomic E-state index is -0.947. The van der Waals surface area contributed by atoms with E-state index in [0.29, 0.717) is 13.0 Å². The van der Waals surface area contributed by atoms with Crippen molar-refractivity contribution in [1.29, 1.82) is 0 Å². The summed E-state index contributed by atoms with van der Waals surface area (Å²) < 4.78 is 18.5. The summed E-state index contributed by atoms with van der Waals surface area (Å²) in [5.41, 5.74) is 0. The van der Waals surface area contributed by atoms with Crippen LogP contribution >= 0.6 is 0 Å². The van der Waals surface area contributed by atoms with Gasteiger partial charge < -0.3 is 10.1 Å². The van der Waals surface area contributed by atoms with Crippen LogP contribution in [0.2, 0.25) is 0 Å². The van der Waals surface area contributed by atoms with Crippen LogP contribution in [0.4, 0.5) is 9.18 Å². The van der Waals surface area contributed by atoms with Crippen molar-refractivity contribution in [2.45, 2.75) is 38.6 Å². The van der Waals surface area contributed by atoms with E-state index in [-0.39, 0.29) is 30.5 Å². The molecule has 17 heavy (non-hydrogen) atoms. The summed E-state index contributed by atoms with van der Waals surface area (Å²) in [7, 11) is 0. The Balaban J connectivity index is 1.89. The fraction of sp³-hybridized carbons (Fsp3) is 0.818. The van der Waals surface area contributed by atoms with Crippen molar-refractivity contribution < 1.29 is 18.7 Å². The van der Waals surface area contributed by atoms with Crippen LogP contribution in [0.3, 0.4) is 0 Å². The molecule has 0 aromatic rings. The molecule has 1 aliphatic carbocycles. The zero-order valence-corrected chi connectivity index (χ0v) is 9.98. The molecular formula is C11H17FN2O3. The Morgan fingerprint density at radius 3 is 2.88 bits per heavy atom. The second-order valence-electron chi connectivity index (χ2n) is 4.81. The van der Waals surface area contributed by atoms with Gasteiger partial charge >= 0.3 is 6.09 Å². The van der Waals surface area contributed by atoms with E-state index in [4.69, 9.17) is 4.74 Å². The minimum absolute atomic E-state index is 0.167. The Morgan fingerprint density at radius 2 is 2.35 bits per heavy atom. The molecule has 0 aromatic heterocycles. The maximum absolute atomic E-state index is 13.4. The standard InChI is InChI=1S/C11H17FN2O3/c1-6-3-9(12)10(6)14-5-8(17-11(14)16)4-13-7(2)15/h6,8-10H,3-5H2,1-2H3,(H,13,15)/t6?,8-,9?,10-/m0/s1. The summed E-state index contributed by atoms with van der Waals surface area (Å²) in [6, 6.07) is -0.357. The molecule has 6 heteroatoms. The summed E-state index contributed by atoms with van der Waals surface area (Å²) in [4.78, 5) is 23.8. The maximum Gasteiger partial charge on any atom is 0.410 e. The van der Waals surface area contributed by atoms with Gasteiger partial charge in [-0.3, -0.25) is 9.69 Å². The molecule has 2 rings (SSSR count). The molecule has 5 nitrogen and oxygen atoms in total. The molecule has 96 valence electrons. The Labute approximate surface area is 99.3 Å². The minimum Gasteiger partial charge on any atom is -0.442 e. The van der Waals surface area contributed by atoms with Gasteiger partial charge in [-0.25, -0.2) is 9.18 Å². The van der Waals surface area contributed by atoms with E-state index in [1.807, 2.05) is 6.92 Å². The quantitative estimate of drug-likeness (QED) is 0.794. The molecule has 0 spiro atoms. The van der Waals surface area contributed by atoms with E-state index < -0.39 is 12.3 Å². The molecule has 2 unspecified atom stereocenters. The van der Waals surface area contributed by atoms with Crippen LogP contribution in [0.1, 0.15) is 20.3 Å². The molecule has 1 saturated heterocycles. The fourth-order valence-electron chi connectivity index (χ4n) is 2.45. The summed E-state index contributed by atoms with van der Waals surface area (Å²) in [6.45, 7) is 3.97. The van der Waals surface area contributed by atoms with Gasteiger partial charge in [-0.15, -0.1) is 0 Å². The van der Waals surface area contributed by atoms with Gasteiger partial charge in [0.1, 0.15) is 12.3 Å². The predicted octanol–water partition coefficient (Wildman–Crippen LogP) is 0.690. The number of ether oxygens (including phenoxy) is 1.